The maximum atomic E-state index is 11.9. The Bertz CT molecular complexity index is 586. The van der Waals surface area contributed by atoms with Crippen LogP contribution in [0, 0.1) is 0 Å². The molecule has 1 amide bonds. The largest absolute Gasteiger partial charge is 0.398 e. The van der Waals surface area contributed by atoms with Gasteiger partial charge in [0.2, 0.25) is 0 Å². The van der Waals surface area contributed by atoms with Gasteiger partial charge < -0.3 is 11.1 Å². The molecule has 1 heterocycles. The number of nitrogens with one attached hydrogen (secondary N) is 1. The van der Waals surface area contributed by atoms with E-state index in [1.54, 1.807) is 30.5 Å². The summed E-state index contributed by atoms with van der Waals surface area (Å²) in [4.78, 5) is 15.9. The van der Waals surface area contributed by atoms with Crippen molar-refractivity contribution in [2.75, 3.05) is 11.1 Å². The number of rotatable bonds is 2. The molecule has 1 aromatic heterocycles. The molecule has 0 spiro atoms. The number of aromatic nitrogens is 1. The second-order valence-electron chi connectivity index (χ2n) is 3.56. The Balaban J connectivity index is 2.16. The molecule has 92 valence electrons. The lowest BCUT2D eigenvalue weighted by Gasteiger charge is -2.06. The van der Waals surface area contributed by atoms with Gasteiger partial charge in [-0.25, -0.2) is 4.98 Å². The Morgan fingerprint density at radius 1 is 1.33 bits per heavy atom. The van der Waals surface area contributed by atoms with Gasteiger partial charge in [-0.1, -0.05) is 11.6 Å². The summed E-state index contributed by atoms with van der Waals surface area (Å²) in [5.41, 5.74) is 7.07. The molecule has 0 saturated carbocycles. The standard InChI is InChI=1S/C12H9BrClN3O/c13-11-4-2-8(6-16-11)17-12(18)7-1-3-9(14)10(15)5-7/h1-6H,15H2,(H,17,18). The average Bonchev–Trinajstić information content (AvgIpc) is 2.35. The van der Waals surface area contributed by atoms with E-state index >= 15 is 0 Å². The molecular weight excluding hydrogens is 318 g/mol. The second kappa shape index (κ2) is 5.37. The molecule has 0 bridgehead atoms. The van der Waals surface area contributed by atoms with Gasteiger partial charge in [0.1, 0.15) is 4.60 Å². The third kappa shape index (κ3) is 3.00. The van der Waals surface area contributed by atoms with E-state index in [1.807, 2.05) is 0 Å². The number of pyridine rings is 1. The molecule has 4 nitrogen and oxygen atoms in total. The van der Waals surface area contributed by atoms with Crippen LogP contribution < -0.4 is 11.1 Å². The maximum Gasteiger partial charge on any atom is 0.255 e. The fourth-order valence-electron chi connectivity index (χ4n) is 1.34. The summed E-state index contributed by atoms with van der Waals surface area (Å²) in [5.74, 6) is -0.262. The maximum absolute atomic E-state index is 11.9. The first-order chi connectivity index (χ1) is 8.56. The van der Waals surface area contributed by atoms with Crippen LogP contribution in [0.4, 0.5) is 11.4 Å². The first kappa shape index (κ1) is 12.9. The van der Waals surface area contributed by atoms with E-state index in [4.69, 9.17) is 17.3 Å². The second-order valence-corrected chi connectivity index (χ2v) is 4.78. The van der Waals surface area contributed by atoms with Crippen LogP contribution >= 0.6 is 27.5 Å². The zero-order chi connectivity index (χ0) is 13.1. The average molecular weight is 327 g/mol. The van der Waals surface area contributed by atoms with Crippen molar-refractivity contribution in [3.05, 3.63) is 51.7 Å². The van der Waals surface area contributed by atoms with Crippen LogP contribution in [0.1, 0.15) is 10.4 Å². The number of nitrogens with two attached hydrogens (primary N) is 1. The fourth-order valence-corrected chi connectivity index (χ4v) is 1.69. The van der Waals surface area contributed by atoms with Crippen LogP contribution in [0.3, 0.4) is 0 Å². The van der Waals surface area contributed by atoms with Crippen LogP contribution in [0.2, 0.25) is 5.02 Å². The van der Waals surface area contributed by atoms with Crippen LogP contribution in [-0.2, 0) is 0 Å². The summed E-state index contributed by atoms with van der Waals surface area (Å²) in [5, 5.41) is 3.14. The van der Waals surface area contributed by atoms with E-state index < -0.39 is 0 Å². The number of hydrogen-bond donors (Lipinski definition) is 2. The smallest absolute Gasteiger partial charge is 0.255 e. The van der Waals surface area contributed by atoms with Gasteiger partial charge in [-0.15, -0.1) is 0 Å². The van der Waals surface area contributed by atoms with Crippen molar-refractivity contribution in [2.45, 2.75) is 0 Å². The number of benzene rings is 1. The lowest BCUT2D eigenvalue weighted by molar-refractivity contribution is 0.102. The number of nitrogens with zero attached hydrogens (tertiary/aromatic N) is 1. The van der Waals surface area contributed by atoms with Gasteiger partial charge in [0.15, 0.2) is 0 Å². The summed E-state index contributed by atoms with van der Waals surface area (Å²) in [6.45, 7) is 0. The van der Waals surface area contributed by atoms with Gasteiger partial charge >= 0.3 is 0 Å². The SMILES string of the molecule is Nc1cc(C(=O)Nc2ccc(Br)nc2)ccc1Cl. The molecule has 0 aliphatic carbocycles. The van der Waals surface area contributed by atoms with Crippen LogP contribution in [0.5, 0.6) is 0 Å². The molecule has 2 aromatic rings. The third-order valence-electron chi connectivity index (χ3n) is 2.24. The summed E-state index contributed by atoms with van der Waals surface area (Å²) >= 11 is 9.01. The zero-order valence-corrected chi connectivity index (χ0v) is 11.5. The molecule has 0 aliphatic heterocycles. The summed E-state index contributed by atoms with van der Waals surface area (Å²) in [6, 6.07) is 8.22. The van der Waals surface area contributed by atoms with Crippen LogP contribution in [0.25, 0.3) is 0 Å². The Labute approximate surface area is 117 Å². The molecule has 2 rings (SSSR count). The predicted octanol–water partition coefficient (Wildman–Crippen LogP) is 3.33. The van der Waals surface area contributed by atoms with Crippen LogP contribution in [-0.4, -0.2) is 10.9 Å². The number of hydrogen-bond acceptors (Lipinski definition) is 3. The van der Waals surface area contributed by atoms with Gasteiger partial charge in [-0.2, -0.15) is 0 Å². The number of nitrogen functional groups attached to an aromatic ring is 1. The fraction of sp³-hybridized carbons (Fsp3) is 0. The van der Waals surface area contributed by atoms with E-state index in [2.05, 4.69) is 26.2 Å². The Hall–Kier alpha value is -1.59. The van der Waals surface area contributed by atoms with Crippen molar-refractivity contribution < 1.29 is 4.79 Å². The monoisotopic (exact) mass is 325 g/mol. The predicted molar refractivity (Wildman–Crippen MR) is 75.8 cm³/mol. The molecule has 0 radical (unpaired) electrons. The van der Waals surface area contributed by atoms with Crippen molar-refractivity contribution in [3.63, 3.8) is 0 Å². The third-order valence-corrected chi connectivity index (χ3v) is 3.06. The number of anilines is 2. The van der Waals surface area contributed by atoms with Gasteiger partial charge in [-0.3, -0.25) is 4.79 Å². The lowest BCUT2D eigenvalue weighted by Crippen LogP contribution is -2.12. The molecule has 3 N–H and O–H groups in total. The molecule has 0 unspecified atom stereocenters. The van der Waals surface area contributed by atoms with Crippen molar-refractivity contribution in [1.29, 1.82) is 0 Å². The Kier molecular flexibility index (Phi) is 3.84. The number of carbonyl (C=O) groups is 1. The van der Waals surface area contributed by atoms with E-state index in [-0.39, 0.29) is 5.91 Å². The first-order valence-electron chi connectivity index (χ1n) is 5.04. The summed E-state index contributed by atoms with van der Waals surface area (Å²) < 4.78 is 0.705. The van der Waals surface area contributed by atoms with Gasteiger partial charge in [0, 0.05) is 5.56 Å². The van der Waals surface area contributed by atoms with Gasteiger partial charge in [0.05, 0.1) is 22.6 Å². The molecular formula is C12H9BrClN3O. The lowest BCUT2D eigenvalue weighted by atomic mass is 10.2. The highest BCUT2D eigenvalue weighted by molar-refractivity contribution is 9.10. The Morgan fingerprint density at radius 2 is 2.11 bits per heavy atom. The number of amides is 1. The van der Waals surface area contributed by atoms with E-state index in [1.165, 1.54) is 6.07 Å². The molecule has 0 aliphatic rings. The summed E-state index contributed by atoms with van der Waals surface area (Å²) in [6.07, 6.45) is 1.56. The van der Waals surface area contributed by atoms with Crippen molar-refractivity contribution in [2.24, 2.45) is 0 Å². The van der Waals surface area contributed by atoms with Gasteiger partial charge in [0.25, 0.3) is 5.91 Å². The molecule has 0 saturated heterocycles. The van der Waals surface area contributed by atoms with Crippen LogP contribution in [0.15, 0.2) is 41.1 Å². The topological polar surface area (TPSA) is 68.0 Å². The minimum Gasteiger partial charge on any atom is -0.398 e. The number of carbonyl (C=O) groups excluding carboxylic acids is 1. The quantitative estimate of drug-likeness (QED) is 0.657. The first-order valence-corrected chi connectivity index (χ1v) is 6.21. The molecule has 6 heteroatoms. The molecule has 1 aromatic carbocycles. The minimum atomic E-state index is -0.262. The molecule has 0 atom stereocenters. The normalized spacial score (nSPS) is 10.1. The minimum absolute atomic E-state index is 0.262. The van der Waals surface area contributed by atoms with E-state index in [9.17, 15) is 4.79 Å². The zero-order valence-electron chi connectivity index (χ0n) is 9.15. The van der Waals surface area contributed by atoms with Crippen molar-refractivity contribution >= 4 is 44.8 Å². The van der Waals surface area contributed by atoms with E-state index in [0.717, 1.165) is 0 Å². The molecule has 18 heavy (non-hydrogen) atoms. The summed E-state index contributed by atoms with van der Waals surface area (Å²) in [7, 11) is 0. The number of halogens is 2. The van der Waals surface area contributed by atoms with Gasteiger partial charge in [-0.05, 0) is 46.3 Å². The van der Waals surface area contributed by atoms with Crippen molar-refractivity contribution in [1.82, 2.24) is 4.98 Å². The molecule has 0 fully saturated rings. The highest BCUT2D eigenvalue weighted by atomic mass is 79.9. The van der Waals surface area contributed by atoms with Crippen molar-refractivity contribution in [3.8, 4) is 0 Å². The Morgan fingerprint density at radius 3 is 2.72 bits per heavy atom. The van der Waals surface area contributed by atoms with E-state index in [0.29, 0.717) is 26.6 Å². The highest BCUT2D eigenvalue weighted by Gasteiger charge is 2.08. The highest BCUT2D eigenvalue weighted by Crippen LogP contribution is 2.20.